The number of carbonyl (C=O) groups excluding carboxylic acids is 3. The lowest BCUT2D eigenvalue weighted by atomic mass is 10.2. The molecule has 0 atom stereocenters. The van der Waals surface area contributed by atoms with Gasteiger partial charge in [0, 0.05) is 0 Å². The van der Waals surface area contributed by atoms with Crippen molar-refractivity contribution < 1.29 is 23.5 Å². The first-order valence-corrected chi connectivity index (χ1v) is 7.04. The number of hydrogen-bond acceptors (Lipinski definition) is 6. The van der Waals surface area contributed by atoms with Gasteiger partial charge in [0.1, 0.15) is 5.75 Å². The predicted molar refractivity (Wildman–Crippen MR) is 79.2 cm³/mol. The standard InChI is InChI=1S/C15H9NO5S/c17-13-12(22-15(19)16-13)8-9-3-1-4-10(7-9)21-14(18)11-5-2-6-20-11/h1-8H,(H,16,17,19)/b12-8-. The molecule has 110 valence electrons. The Morgan fingerprint density at radius 2 is 2.09 bits per heavy atom. The summed E-state index contributed by atoms with van der Waals surface area (Å²) in [4.78, 5) is 34.7. The first-order chi connectivity index (χ1) is 10.6. The van der Waals surface area contributed by atoms with Gasteiger partial charge in [-0.1, -0.05) is 12.1 Å². The van der Waals surface area contributed by atoms with E-state index in [4.69, 9.17) is 9.15 Å². The highest BCUT2D eigenvalue weighted by atomic mass is 32.2. The lowest BCUT2D eigenvalue weighted by molar-refractivity contribution is -0.115. The van der Waals surface area contributed by atoms with Crippen LogP contribution in [0.5, 0.6) is 5.75 Å². The Morgan fingerprint density at radius 3 is 2.77 bits per heavy atom. The van der Waals surface area contributed by atoms with Crippen LogP contribution in [0.15, 0.2) is 52.0 Å². The molecule has 6 nitrogen and oxygen atoms in total. The lowest BCUT2D eigenvalue weighted by Gasteiger charge is -2.03. The zero-order chi connectivity index (χ0) is 15.5. The molecule has 1 aliphatic heterocycles. The van der Waals surface area contributed by atoms with E-state index in [-0.39, 0.29) is 5.76 Å². The second kappa shape index (κ2) is 5.90. The number of furan rings is 1. The Morgan fingerprint density at radius 1 is 1.23 bits per heavy atom. The summed E-state index contributed by atoms with van der Waals surface area (Å²) in [6.07, 6.45) is 2.93. The third kappa shape index (κ3) is 3.09. The number of hydrogen-bond donors (Lipinski definition) is 1. The molecule has 0 bridgehead atoms. The second-order valence-electron chi connectivity index (χ2n) is 4.29. The molecule has 2 aromatic rings. The average molecular weight is 315 g/mol. The van der Waals surface area contributed by atoms with E-state index in [0.29, 0.717) is 16.2 Å². The van der Waals surface area contributed by atoms with E-state index >= 15 is 0 Å². The molecular formula is C15H9NO5S. The second-order valence-corrected chi connectivity index (χ2v) is 5.31. The molecule has 1 aromatic heterocycles. The topological polar surface area (TPSA) is 85.6 Å². The Bertz CT molecular complexity index is 779. The molecule has 1 aliphatic rings. The normalized spacial score (nSPS) is 15.9. The van der Waals surface area contributed by atoms with Gasteiger partial charge in [0.15, 0.2) is 0 Å². The van der Waals surface area contributed by atoms with Gasteiger partial charge >= 0.3 is 5.97 Å². The molecule has 1 aromatic carbocycles. The molecule has 2 amide bonds. The number of rotatable bonds is 3. The minimum absolute atomic E-state index is 0.0973. The summed E-state index contributed by atoms with van der Waals surface area (Å²) in [6, 6.07) is 9.69. The lowest BCUT2D eigenvalue weighted by Crippen LogP contribution is -2.17. The Labute approximate surface area is 129 Å². The van der Waals surface area contributed by atoms with Crippen LogP contribution in [0, 0.1) is 0 Å². The zero-order valence-corrected chi connectivity index (χ0v) is 11.9. The molecule has 0 spiro atoms. The maximum absolute atomic E-state index is 11.8. The molecule has 1 saturated heterocycles. The van der Waals surface area contributed by atoms with Crippen LogP contribution in [0.3, 0.4) is 0 Å². The number of esters is 1. The predicted octanol–water partition coefficient (Wildman–Crippen LogP) is 2.82. The third-order valence-electron chi connectivity index (χ3n) is 2.73. The van der Waals surface area contributed by atoms with Crippen molar-refractivity contribution in [1.29, 1.82) is 0 Å². The number of carbonyl (C=O) groups is 3. The first-order valence-electron chi connectivity index (χ1n) is 6.22. The van der Waals surface area contributed by atoms with Crippen molar-refractivity contribution in [2.75, 3.05) is 0 Å². The highest BCUT2D eigenvalue weighted by Gasteiger charge is 2.24. The summed E-state index contributed by atoms with van der Waals surface area (Å²) >= 11 is 0.825. The summed E-state index contributed by atoms with van der Waals surface area (Å²) in [7, 11) is 0. The number of nitrogens with one attached hydrogen (secondary N) is 1. The largest absolute Gasteiger partial charge is 0.457 e. The minimum atomic E-state index is -0.613. The number of amides is 2. The number of ether oxygens (including phenoxy) is 1. The summed E-state index contributed by atoms with van der Waals surface area (Å²) < 4.78 is 10.1. The number of benzene rings is 1. The fourth-order valence-electron chi connectivity index (χ4n) is 1.79. The number of thioether (sulfide) groups is 1. The van der Waals surface area contributed by atoms with Gasteiger partial charge in [-0.2, -0.15) is 0 Å². The van der Waals surface area contributed by atoms with Crippen molar-refractivity contribution in [2.45, 2.75) is 0 Å². The van der Waals surface area contributed by atoms with Crippen molar-refractivity contribution in [3.63, 3.8) is 0 Å². The van der Waals surface area contributed by atoms with Gasteiger partial charge in [-0.15, -0.1) is 0 Å². The SMILES string of the molecule is O=C1NC(=O)/C(=C/c2cccc(OC(=O)c3ccco3)c2)S1. The molecule has 0 unspecified atom stereocenters. The van der Waals surface area contributed by atoms with Gasteiger partial charge in [-0.25, -0.2) is 4.79 Å². The molecule has 3 rings (SSSR count). The Kier molecular flexibility index (Phi) is 3.80. The molecule has 1 fully saturated rings. The van der Waals surface area contributed by atoms with Gasteiger partial charge in [0.25, 0.3) is 11.1 Å². The van der Waals surface area contributed by atoms with Crippen LogP contribution in [-0.4, -0.2) is 17.1 Å². The van der Waals surface area contributed by atoms with Crippen LogP contribution in [0.1, 0.15) is 16.1 Å². The maximum atomic E-state index is 11.8. The quantitative estimate of drug-likeness (QED) is 0.532. The van der Waals surface area contributed by atoms with Crippen molar-refractivity contribution in [1.82, 2.24) is 5.32 Å². The summed E-state index contributed by atoms with van der Waals surface area (Å²) in [5, 5.41) is 1.77. The third-order valence-corrected chi connectivity index (χ3v) is 3.54. The van der Waals surface area contributed by atoms with E-state index in [1.807, 2.05) is 0 Å². The molecule has 1 N–H and O–H groups in total. The maximum Gasteiger partial charge on any atom is 0.379 e. The van der Waals surface area contributed by atoms with Gasteiger partial charge < -0.3 is 9.15 Å². The van der Waals surface area contributed by atoms with Crippen LogP contribution in [0.25, 0.3) is 6.08 Å². The molecule has 7 heteroatoms. The van der Waals surface area contributed by atoms with Crippen LogP contribution in [0.2, 0.25) is 0 Å². The zero-order valence-electron chi connectivity index (χ0n) is 11.1. The van der Waals surface area contributed by atoms with Crippen LogP contribution in [-0.2, 0) is 4.79 Å². The molecule has 22 heavy (non-hydrogen) atoms. The Balaban J connectivity index is 1.78. The van der Waals surface area contributed by atoms with E-state index in [1.54, 1.807) is 36.4 Å². The van der Waals surface area contributed by atoms with Crippen molar-refractivity contribution in [2.24, 2.45) is 0 Å². The van der Waals surface area contributed by atoms with Crippen molar-refractivity contribution in [3.8, 4) is 5.75 Å². The number of imide groups is 1. The first kappa shape index (κ1) is 14.2. The molecular weight excluding hydrogens is 306 g/mol. The monoisotopic (exact) mass is 315 g/mol. The minimum Gasteiger partial charge on any atom is -0.457 e. The molecule has 2 heterocycles. The Hall–Kier alpha value is -2.80. The average Bonchev–Trinajstić information content (AvgIpc) is 3.10. The van der Waals surface area contributed by atoms with E-state index in [1.165, 1.54) is 12.3 Å². The van der Waals surface area contributed by atoms with Crippen molar-refractivity contribution >= 4 is 35.0 Å². The van der Waals surface area contributed by atoms with E-state index < -0.39 is 17.1 Å². The molecule has 0 aliphatic carbocycles. The summed E-state index contributed by atoms with van der Waals surface area (Å²) in [5.41, 5.74) is 0.636. The van der Waals surface area contributed by atoms with Gasteiger partial charge in [0.05, 0.1) is 11.2 Å². The van der Waals surface area contributed by atoms with Crippen LogP contribution < -0.4 is 10.1 Å². The summed E-state index contributed by atoms with van der Waals surface area (Å²) in [5.74, 6) is -0.642. The van der Waals surface area contributed by atoms with Crippen molar-refractivity contribution in [3.05, 3.63) is 58.9 Å². The fourth-order valence-corrected chi connectivity index (χ4v) is 2.47. The molecule has 0 saturated carbocycles. The smallest absolute Gasteiger partial charge is 0.379 e. The van der Waals surface area contributed by atoms with E-state index in [9.17, 15) is 14.4 Å². The highest BCUT2D eigenvalue weighted by Crippen LogP contribution is 2.26. The van der Waals surface area contributed by atoms with E-state index in [2.05, 4.69) is 5.32 Å². The van der Waals surface area contributed by atoms with Gasteiger partial charge in [-0.05, 0) is 47.7 Å². The fraction of sp³-hybridized carbons (Fsp3) is 0. The van der Waals surface area contributed by atoms with E-state index in [0.717, 1.165) is 11.8 Å². The molecule has 0 radical (unpaired) electrons. The highest BCUT2D eigenvalue weighted by molar-refractivity contribution is 8.18. The van der Waals surface area contributed by atoms with Crippen LogP contribution >= 0.6 is 11.8 Å². The van der Waals surface area contributed by atoms with Crippen LogP contribution in [0.4, 0.5) is 4.79 Å². The van der Waals surface area contributed by atoms with Gasteiger partial charge in [0.2, 0.25) is 5.76 Å². The summed E-state index contributed by atoms with van der Waals surface area (Å²) in [6.45, 7) is 0. The van der Waals surface area contributed by atoms with Gasteiger partial charge in [-0.3, -0.25) is 14.9 Å².